The molecule has 1 atom stereocenters. The summed E-state index contributed by atoms with van der Waals surface area (Å²) in [6, 6.07) is 5.54. The maximum atomic E-state index is 12.4. The summed E-state index contributed by atoms with van der Waals surface area (Å²) in [7, 11) is -5.68. The average Bonchev–Trinajstić information content (AvgIpc) is 2.53. The minimum absolute atomic E-state index is 0.0771. The van der Waals surface area contributed by atoms with Crippen molar-refractivity contribution in [2.24, 2.45) is 17.3 Å². The molecule has 1 aliphatic carbocycles. The summed E-state index contributed by atoms with van der Waals surface area (Å²) < 4.78 is 63.3. The topological polar surface area (TPSA) is 80.7 Å². The summed E-state index contributed by atoms with van der Waals surface area (Å²) in [6.07, 6.45) is 3.04. The van der Waals surface area contributed by atoms with Crippen molar-refractivity contribution in [1.82, 2.24) is 0 Å². The number of alkyl halides is 3. The van der Waals surface area contributed by atoms with Gasteiger partial charge in [0.1, 0.15) is 5.75 Å². The molecule has 1 aliphatic rings. The van der Waals surface area contributed by atoms with Crippen LogP contribution < -0.4 is 4.18 Å². The monoisotopic (exact) mass is 422 g/mol. The van der Waals surface area contributed by atoms with E-state index in [0.29, 0.717) is 0 Å². The van der Waals surface area contributed by atoms with E-state index in [1.165, 1.54) is 12.1 Å². The van der Waals surface area contributed by atoms with Gasteiger partial charge < -0.3 is 9.29 Å². The number of hydrogen-bond acceptors (Lipinski definition) is 4. The van der Waals surface area contributed by atoms with Crippen LogP contribution >= 0.6 is 0 Å². The number of halogens is 3. The van der Waals surface area contributed by atoms with Gasteiger partial charge in [0.05, 0.1) is 5.92 Å². The van der Waals surface area contributed by atoms with Crippen molar-refractivity contribution in [2.45, 2.75) is 57.9 Å². The first kappa shape index (κ1) is 22.5. The third kappa shape index (κ3) is 5.18. The Bertz CT molecular complexity index is 786. The van der Waals surface area contributed by atoms with Crippen molar-refractivity contribution in [3.05, 3.63) is 29.8 Å². The molecule has 0 aliphatic heterocycles. The van der Waals surface area contributed by atoms with Gasteiger partial charge in [-0.2, -0.15) is 21.6 Å². The molecule has 5 nitrogen and oxygen atoms in total. The highest BCUT2D eigenvalue weighted by atomic mass is 32.2. The van der Waals surface area contributed by atoms with Crippen molar-refractivity contribution in [2.75, 3.05) is 0 Å². The number of carboxylic acids is 1. The second-order valence-electron chi connectivity index (χ2n) is 8.35. The summed E-state index contributed by atoms with van der Waals surface area (Å²) in [5, 5.41) is 9.58. The molecule has 1 fully saturated rings. The highest BCUT2D eigenvalue weighted by molar-refractivity contribution is 7.88. The largest absolute Gasteiger partial charge is 0.534 e. The maximum Gasteiger partial charge on any atom is 0.534 e. The zero-order valence-corrected chi connectivity index (χ0v) is 16.8. The van der Waals surface area contributed by atoms with Gasteiger partial charge in [0, 0.05) is 0 Å². The standard InChI is InChI=1S/C19H25F3O5S/c1-18(2,3)16(17(23)24)14-6-4-12(5-7-14)13-8-10-15(11-9-13)27-28(25,26)19(20,21)22/h8-12,14,16H,4-7H2,1-3H3,(H,23,24). The number of carboxylic acid groups (broad SMARTS) is 1. The SMILES string of the molecule is CC(C)(C)C(C(=O)O)C1CCC(c2ccc(OS(=O)(=O)C(F)(F)F)cc2)CC1. The lowest BCUT2D eigenvalue weighted by atomic mass is 9.66. The highest BCUT2D eigenvalue weighted by Crippen LogP contribution is 2.44. The molecule has 9 heteroatoms. The first-order chi connectivity index (χ1) is 12.7. The molecule has 0 radical (unpaired) electrons. The van der Waals surface area contributed by atoms with Crippen LogP contribution in [0.2, 0.25) is 0 Å². The summed E-state index contributed by atoms with van der Waals surface area (Å²) in [4.78, 5) is 11.7. The molecule has 1 unspecified atom stereocenters. The van der Waals surface area contributed by atoms with Crippen LogP contribution in [-0.2, 0) is 14.9 Å². The Morgan fingerprint density at radius 1 is 1.07 bits per heavy atom. The van der Waals surface area contributed by atoms with Gasteiger partial charge in [-0.15, -0.1) is 0 Å². The van der Waals surface area contributed by atoms with Gasteiger partial charge in [0.15, 0.2) is 0 Å². The fourth-order valence-corrected chi connectivity index (χ4v) is 4.49. The van der Waals surface area contributed by atoms with E-state index in [1.54, 1.807) is 12.1 Å². The summed E-state index contributed by atoms with van der Waals surface area (Å²) in [5.41, 5.74) is -4.94. The average molecular weight is 422 g/mol. The Hall–Kier alpha value is -1.77. The van der Waals surface area contributed by atoms with Gasteiger partial charge in [0.2, 0.25) is 0 Å². The number of benzene rings is 1. The Morgan fingerprint density at radius 3 is 1.96 bits per heavy atom. The predicted molar refractivity (Wildman–Crippen MR) is 97.3 cm³/mol. The molecule has 28 heavy (non-hydrogen) atoms. The van der Waals surface area contributed by atoms with E-state index in [4.69, 9.17) is 0 Å². The van der Waals surface area contributed by atoms with Gasteiger partial charge >= 0.3 is 21.6 Å². The second kappa shape index (κ2) is 7.93. The molecule has 1 N–H and O–H groups in total. The van der Waals surface area contributed by atoms with E-state index in [9.17, 15) is 31.5 Å². The minimum atomic E-state index is -5.68. The lowest BCUT2D eigenvalue weighted by Crippen LogP contribution is -2.36. The molecule has 1 aromatic rings. The third-order valence-electron chi connectivity index (χ3n) is 5.28. The van der Waals surface area contributed by atoms with Crippen LogP contribution in [0.3, 0.4) is 0 Å². The van der Waals surface area contributed by atoms with Crippen LogP contribution in [-0.4, -0.2) is 25.0 Å². The van der Waals surface area contributed by atoms with Gasteiger partial charge in [-0.3, -0.25) is 4.79 Å². The van der Waals surface area contributed by atoms with Crippen molar-refractivity contribution in [3.63, 3.8) is 0 Å². The van der Waals surface area contributed by atoms with E-state index < -0.39 is 33.3 Å². The van der Waals surface area contributed by atoms with E-state index in [-0.39, 0.29) is 17.3 Å². The molecule has 0 saturated heterocycles. The van der Waals surface area contributed by atoms with Gasteiger partial charge in [-0.05, 0) is 60.6 Å². The molecule has 0 amide bonds. The fraction of sp³-hybridized carbons (Fsp3) is 0.632. The zero-order chi connectivity index (χ0) is 21.3. The lowest BCUT2D eigenvalue weighted by molar-refractivity contribution is -0.149. The Balaban J connectivity index is 2.03. The van der Waals surface area contributed by atoms with Crippen LogP contribution in [0.4, 0.5) is 13.2 Å². The van der Waals surface area contributed by atoms with E-state index in [2.05, 4.69) is 4.18 Å². The number of aliphatic carboxylic acids is 1. The number of rotatable bonds is 5. The molecular formula is C19H25F3O5S. The van der Waals surface area contributed by atoms with Crippen LogP contribution in [0.1, 0.15) is 57.9 Å². The van der Waals surface area contributed by atoms with Crippen LogP contribution in [0.25, 0.3) is 0 Å². The van der Waals surface area contributed by atoms with E-state index in [0.717, 1.165) is 31.2 Å². The molecule has 1 saturated carbocycles. The molecule has 158 valence electrons. The van der Waals surface area contributed by atoms with Crippen molar-refractivity contribution in [1.29, 1.82) is 0 Å². The normalized spacial score (nSPS) is 22.5. The Kier molecular flexibility index (Phi) is 6.37. The third-order valence-corrected chi connectivity index (χ3v) is 6.26. The van der Waals surface area contributed by atoms with E-state index >= 15 is 0 Å². The smallest absolute Gasteiger partial charge is 0.481 e. The highest BCUT2D eigenvalue weighted by Gasteiger charge is 2.48. The first-order valence-electron chi connectivity index (χ1n) is 9.06. The predicted octanol–water partition coefficient (Wildman–Crippen LogP) is 4.94. The van der Waals surface area contributed by atoms with Gasteiger partial charge in [0.25, 0.3) is 0 Å². The van der Waals surface area contributed by atoms with E-state index in [1.807, 2.05) is 20.8 Å². The molecule has 0 heterocycles. The molecule has 2 rings (SSSR count). The zero-order valence-electron chi connectivity index (χ0n) is 16.0. The van der Waals surface area contributed by atoms with Crippen molar-refractivity contribution >= 4 is 16.1 Å². The van der Waals surface area contributed by atoms with Gasteiger partial charge in [-0.25, -0.2) is 0 Å². The summed E-state index contributed by atoms with van der Waals surface area (Å²) in [6.45, 7) is 5.77. The quantitative estimate of drug-likeness (QED) is 0.537. The maximum absolute atomic E-state index is 12.4. The molecule has 0 bridgehead atoms. The minimum Gasteiger partial charge on any atom is -0.481 e. The summed E-state index contributed by atoms with van der Waals surface area (Å²) >= 11 is 0. The summed E-state index contributed by atoms with van der Waals surface area (Å²) in [5.74, 6) is -1.39. The molecule has 0 spiro atoms. The number of hydrogen-bond donors (Lipinski definition) is 1. The van der Waals surface area contributed by atoms with Crippen LogP contribution in [0.15, 0.2) is 24.3 Å². The molecular weight excluding hydrogens is 397 g/mol. The Morgan fingerprint density at radius 2 is 1.57 bits per heavy atom. The molecule has 1 aromatic carbocycles. The van der Waals surface area contributed by atoms with Crippen LogP contribution in [0.5, 0.6) is 5.75 Å². The van der Waals surface area contributed by atoms with Crippen molar-refractivity contribution in [3.8, 4) is 5.75 Å². The first-order valence-corrected chi connectivity index (χ1v) is 10.5. The van der Waals surface area contributed by atoms with Gasteiger partial charge in [-0.1, -0.05) is 32.9 Å². The number of carbonyl (C=O) groups is 1. The van der Waals surface area contributed by atoms with Crippen molar-refractivity contribution < 1.29 is 35.7 Å². The fourth-order valence-electron chi connectivity index (χ4n) is 4.03. The Labute approximate surface area is 163 Å². The van der Waals surface area contributed by atoms with Crippen LogP contribution in [0, 0.1) is 17.3 Å². The molecule has 0 aromatic heterocycles. The second-order valence-corrected chi connectivity index (χ2v) is 9.88. The lowest BCUT2D eigenvalue weighted by Gasteiger charge is -2.38.